The van der Waals surface area contributed by atoms with E-state index < -0.39 is 23.6 Å². The van der Waals surface area contributed by atoms with E-state index in [-0.39, 0.29) is 22.5 Å². The summed E-state index contributed by atoms with van der Waals surface area (Å²) >= 11 is 0. The van der Waals surface area contributed by atoms with Crippen LogP contribution in [0.1, 0.15) is 28.1 Å². The lowest BCUT2D eigenvalue weighted by atomic mass is 10.1. The summed E-state index contributed by atoms with van der Waals surface area (Å²) < 4.78 is 80.0. The van der Waals surface area contributed by atoms with Crippen LogP contribution in [-0.2, 0) is 12.4 Å². The van der Waals surface area contributed by atoms with E-state index in [9.17, 15) is 26.3 Å². The van der Waals surface area contributed by atoms with Gasteiger partial charge in [0.05, 0.1) is 23.0 Å². The third kappa shape index (κ3) is 4.27. The van der Waals surface area contributed by atoms with Gasteiger partial charge in [0, 0.05) is 23.0 Å². The SMILES string of the molecule is Cc1ccc(C#Cc2cnn3c(C(F)(F)F)cc(-c4ccc(C(F)(F)F)cc4)nc23)cn1. The van der Waals surface area contributed by atoms with Crippen molar-refractivity contribution in [1.29, 1.82) is 0 Å². The van der Waals surface area contributed by atoms with Gasteiger partial charge in [-0.25, -0.2) is 9.50 Å². The topological polar surface area (TPSA) is 43.1 Å². The smallest absolute Gasteiger partial charge is 0.260 e. The number of rotatable bonds is 1. The molecule has 0 aliphatic carbocycles. The Morgan fingerprint density at radius 1 is 0.844 bits per heavy atom. The molecule has 32 heavy (non-hydrogen) atoms. The molecule has 0 aliphatic heterocycles. The minimum absolute atomic E-state index is 0.0915. The van der Waals surface area contributed by atoms with Gasteiger partial charge in [0.2, 0.25) is 0 Å². The van der Waals surface area contributed by atoms with Crippen molar-refractivity contribution in [3.05, 3.63) is 82.9 Å². The Bertz CT molecular complexity index is 1340. The van der Waals surface area contributed by atoms with Crippen molar-refractivity contribution in [2.45, 2.75) is 19.3 Å². The van der Waals surface area contributed by atoms with Gasteiger partial charge in [-0.2, -0.15) is 31.4 Å². The number of aromatic nitrogens is 4. The lowest BCUT2D eigenvalue weighted by molar-refractivity contribution is -0.142. The molecular formula is C22H12F6N4. The molecule has 0 saturated carbocycles. The Morgan fingerprint density at radius 2 is 1.56 bits per heavy atom. The van der Waals surface area contributed by atoms with Crippen molar-refractivity contribution in [3.8, 4) is 23.1 Å². The first-order valence-electron chi connectivity index (χ1n) is 9.11. The third-order valence-corrected chi connectivity index (χ3v) is 4.52. The Balaban J connectivity index is 1.85. The predicted octanol–water partition coefficient (Wildman–Crippen LogP) is 5.54. The normalized spacial score (nSPS) is 12.0. The monoisotopic (exact) mass is 446 g/mol. The fraction of sp³-hybridized carbons (Fsp3) is 0.136. The maximum Gasteiger partial charge on any atom is 0.433 e. The highest BCUT2D eigenvalue weighted by molar-refractivity contribution is 5.67. The van der Waals surface area contributed by atoms with Gasteiger partial charge in [-0.1, -0.05) is 24.0 Å². The highest BCUT2D eigenvalue weighted by Gasteiger charge is 2.36. The number of benzene rings is 1. The summed E-state index contributed by atoms with van der Waals surface area (Å²) in [4.78, 5) is 8.30. The number of aryl methyl sites for hydroxylation is 1. The van der Waals surface area contributed by atoms with Crippen molar-refractivity contribution in [2.24, 2.45) is 0 Å². The van der Waals surface area contributed by atoms with E-state index in [4.69, 9.17) is 0 Å². The summed E-state index contributed by atoms with van der Waals surface area (Å²) in [6, 6.07) is 7.91. The average Bonchev–Trinajstić information content (AvgIpc) is 3.14. The quantitative estimate of drug-likeness (QED) is 0.285. The van der Waals surface area contributed by atoms with Crippen LogP contribution in [0.5, 0.6) is 0 Å². The van der Waals surface area contributed by atoms with E-state index in [1.54, 1.807) is 19.1 Å². The van der Waals surface area contributed by atoms with Crippen molar-refractivity contribution in [3.63, 3.8) is 0 Å². The van der Waals surface area contributed by atoms with E-state index in [1.807, 2.05) is 0 Å². The largest absolute Gasteiger partial charge is 0.433 e. The maximum absolute atomic E-state index is 13.7. The number of halogens is 6. The molecule has 3 heterocycles. The van der Waals surface area contributed by atoms with Gasteiger partial charge >= 0.3 is 12.4 Å². The van der Waals surface area contributed by atoms with Crippen molar-refractivity contribution < 1.29 is 26.3 Å². The van der Waals surface area contributed by atoms with E-state index >= 15 is 0 Å². The van der Waals surface area contributed by atoms with Crippen LogP contribution >= 0.6 is 0 Å². The maximum atomic E-state index is 13.7. The summed E-state index contributed by atoms with van der Waals surface area (Å²) in [6.45, 7) is 1.80. The number of alkyl halides is 6. The molecule has 4 nitrogen and oxygen atoms in total. The van der Waals surface area contributed by atoms with Crippen LogP contribution in [0.15, 0.2) is 54.9 Å². The molecule has 0 atom stereocenters. The van der Waals surface area contributed by atoms with E-state index in [1.165, 1.54) is 6.20 Å². The molecule has 0 amide bonds. The summed E-state index contributed by atoms with van der Waals surface area (Å²) in [5.74, 6) is 5.53. The molecule has 3 aromatic heterocycles. The van der Waals surface area contributed by atoms with Crippen molar-refractivity contribution in [1.82, 2.24) is 19.6 Å². The predicted molar refractivity (Wildman–Crippen MR) is 103 cm³/mol. The number of pyridine rings is 1. The molecule has 0 bridgehead atoms. The van der Waals surface area contributed by atoms with Gasteiger partial charge in [0.15, 0.2) is 11.3 Å². The van der Waals surface area contributed by atoms with Gasteiger partial charge < -0.3 is 0 Å². The second-order valence-corrected chi connectivity index (χ2v) is 6.83. The molecule has 0 saturated heterocycles. The summed E-state index contributed by atoms with van der Waals surface area (Å²) in [7, 11) is 0. The Morgan fingerprint density at radius 3 is 2.16 bits per heavy atom. The molecule has 0 spiro atoms. The zero-order valence-electron chi connectivity index (χ0n) is 16.3. The Hall–Kier alpha value is -3.87. The van der Waals surface area contributed by atoms with E-state index in [0.717, 1.165) is 42.2 Å². The van der Waals surface area contributed by atoms with Crippen molar-refractivity contribution in [2.75, 3.05) is 0 Å². The molecule has 10 heteroatoms. The molecule has 0 unspecified atom stereocenters. The van der Waals surface area contributed by atoms with Gasteiger partial charge in [-0.3, -0.25) is 4.98 Å². The molecule has 0 fully saturated rings. The first-order chi connectivity index (χ1) is 15.0. The number of nitrogens with zero attached hydrogens (tertiary/aromatic N) is 4. The lowest BCUT2D eigenvalue weighted by Crippen LogP contribution is -2.13. The molecular weight excluding hydrogens is 434 g/mol. The highest BCUT2D eigenvalue weighted by atomic mass is 19.4. The van der Waals surface area contributed by atoms with Crippen LogP contribution < -0.4 is 0 Å². The molecule has 0 radical (unpaired) electrons. The van der Waals surface area contributed by atoms with Crippen LogP contribution in [0, 0.1) is 18.8 Å². The molecule has 1 aromatic carbocycles. The number of hydrogen-bond acceptors (Lipinski definition) is 3. The minimum atomic E-state index is -4.78. The molecule has 4 aromatic rings. The molecule has 4 rings (SSSR count). The van der Waals surface area contributed by atoms with Gasteiger partial charge in [0.25, 0.3) is 0 Å². The lowest BCUT2D eigenvalue weighted by Gasteiger charge is -2.12. The van der Waals surface area contributed by atoms with E-state index in [0.29, 0.717) is 10.1 Å². The third-order valence-electron chi connectivity index (χ3n) is 4.52. The standard InChI is InChI=1S/C22H12F6N4/c1-13-2-3-14(11-29-13)4-5-16-12-30-32-19(22(26,27)28)10-18(31-20(16)32)15-6-8-17(9-7-15)21(23,24)25/h2-3,6-12H,1H3. The zero-order chi connectivity index (χ0) is 23.1. The molecule has 0 aliphatic rings. The first kappa shape index (κ1) is 21.4. The number of hydrogen-bond donors (Lipinski definition) is 0. The van der Waals surface area contributed by atoms with Gasteiger partial charge in [-0.15, -0.1) is 0 Å². The molecule has 0 N–H and O–H groups in total. The Labute approximate surface area is 177 Å². The minimum Gasteiger partial charge on any atom is -0.260 e. The van der Waals surface area contributed by atoms with Crippen LogP contribution in [0.2, 0.25) is 0 Å². The fourth-order valence-corrected chi connectivity index (χ4v) is 2.91. The highest BCUT2D eigenvalue weighted by Crippen LogP contribution is 2.34. The van der Waals surface area contributed by atoms with Crippen LogP contribution in [0.4, 0.5) is 26.3 Å². The summed E-state index contributed by atoms with van der Waals surface area (Å²) in [6.07, 6.45) is -6.66. The summed E-state index contributed by atoms with van der Waals surface area (Å²) in [5.41, 5.74) is -0.808. The zero-order valence-corrected chi connectivity index (χ0v) is 16.3. The van der Waals surface area contributed by atoms with Crippen LogP contribution in [0.3, 0.4) is 0 Å². The second-order valence-electron chi connectivity index (χ2n) is 6.83. The second kappa shape index (κ2) is 7.67. The molecule has 162 valence electrons. The van der Waals surface area contributed by atoms with Crippen molar-refractivity contribution >= 4 is 5.65 Å². The van der Waals surface area contributed by atoms with Crippen LogP contribution in [-0.4, -0.2) is 19.6 Å². The van der Waals surface area contributed by atoms with Gasteiger partial charge in [0.1, 0.15) is 0 Å². The number of fused-ring (bicyclic) bond motifs is 1. The fourth-order valence-electron chi connectivity index (χ4n) is 2.91. The average molecular weight is 446 g/mol. The first-order valence-corrected chi connectivity index (χ1v) is 9.11. The van der Waals surface area contributed by atoms with Gasteiger partial charge in [-0.05, 0) is 37.3 Å². The van der Waals surface area contributed by atoms with E-state index in [2.05, 4.69) is 26.9 Å². The van der Waals surface area contributed by atoms with Crippen LogP contribution in [0.25, 0.3) is 16.9 Å². The summed E-state index contributed by atoms with van der Waals surface area (Å²) in [5, 5.41) is 3.76. The Kier molecular flexibility index (Phi) is 5.12.